The van der Waals surface area contributed by atoms with E-state index in [9.17, 15) is 22.4 Å². The molecule has 5 rings (SSSR count). The van der Waals surface area contributed by atoms with Gasteiger partial charge in [-0.05, 0) is 37.1 Å². The highest BCUT2D eigenvalue weighted by Gasteiger charge is 2.41. The number of alkyl halides is 3. The van der Waals surface area contributed by atoms with Crippen LogP contribution in [0.5, 0.6) is 0 Å². The summed E-state index contributed by atoms with van der Waals surface area (Å²) in [4.78, 5) is 20.4. The number of benzene rings is 1. The van der Waals surface area contributed by atoms with Crippen LogP contribution < -0.4 is 5.32 Å². The highest BCUT2D eigenvalue weighted by molar-refractivity contribution is 5.94. The second-order valence-electron chi connectivity index (χ2n) is 7.56. The predicted molar refractivity (Wildman–Crippen MR) is 108 cm³/mol. The molecule has 0 unspecified atom stereocenters. The van der Waals surface area contributed by atoms with Crippen LogP contribution in [0.25, 0.3) is 28.3 Å². The maximum Gasteiger partial charge on any atom is 0.453 e. The minimum Gasteiger partial charge on any atom is -0.350 e. The minimum absolute atomic E-state index is 0.0832. The first-order valence-electron chi connectivity index (χ1n) is 9.94. The summed E-state index contributed by atoms with van der Waals surface area (Å²) in [6.07, 6.45) is 1.06. The highest BCUT2D eigenvalue weighted by atomic mass is 19.4. The molecule has 0 bridgehead atoms. The van der Waals surface area contributed by atoms with Gasteiger partial charge in [-0.2, -0.15) is 13.2 Å². The lowest BCUT2D eigenvalue weighted by molar-refractivity contribution is -0.154. The Kier molecular flexibility index (Phi) is 4.95. The Balaban J connectivity index is 1.50. The van der Waals surface area contributed by atoms with Gasteiger partial charge in [-0.15, -0.1) is 0 Å². The molecule has 3 aromatic heterocycles. The summed E-state index contributed by atoms with van der Waals surface area (Å²) in [5.41, 5.74) is -0.194. The first-order valence-corrected chi connectivity index (χ1v) is 9.94. The van der Waals surface area contributed by atoms with Crippen molar-refractivity contribution in [2.45, 2.75) is 25.1 Å². The number of amides is 1. The Morgan fingerprint density at radius 2 is 1.97 bits per heavy atom. The molecule has 0 atom stereocenters. The fraction of sp³-hybridized carbons (Fsp3) is 0.182. The van der Waals surface area contributed by atoms with Crippen molar-refractivity contribution in [2.75, 3.05) is 0 Å². The summed E-state index contributed by atoms with van der Waals surface area (Å²) in [5, 5.41) is 6.39. The Morgan fingerprint density at radius 3 is 2.64 bits per heavy atom. The number of hydrogen-bond donors (Lipinski definition) is 1. The van der Waals surface area contributed by atoms with Gasteiger partial charge in [0, 0.05) is 24.0 Å². The zero-order chi connectivity index (χ0) is 23.2. The molecule has 33 heavy (non-hydrogen) atoms. The highest BCUT2D eigenvalue weighted by Crippen LogP contribution is 2.42. The zero-order valence-electron chi connectivity index (χ0n) is 16.8. The van der Waals surface area contributed by atoms with E-state index in [1.807, 2.05) is 0 Å². The van der Waals surface area contributed by atoms with E-state index in [1.54, 1.807) is 12.1 Å². The third kappa shape index (κ3) is 4.21. The largest absolute Gasteiger partial charge is 0.453 e. The van der Waals surface area contributed by atoms with Gasteiger partial charge in [-0.3, -0.25) is 9.36 Å². The van der Waals surface area contributed by atoms with Crippen LogP contribution in [0.1, 0.15) is 29.0 Å². The van der Waals surface area contributed by atoms with E-state index in [-0.39, 0.29) is 28.9 Å². The van der Waals surface area contributed by atoms with Gasteiger partial charge in [0.25, 0.3) is 5.91 Å². The number of carbonyl (C=O) groups excluding carboxylic acids is 1. The van der Waals surface area contributed by atoms with Crippen molar-refractivity contribution in [3.63, 3.8) is 0 Å². The molecule has 1 N–H and O–H groups in total. The topological polar surface area (TPSA) is 85.8 Å². The third-order valence-electron chi connectivity index (χ3n) is 5.07. The quantitative estimate of drug-likeness (QED) is 0.442. The van der Waals surface area contributed by atoms with Crippen LogP contribution in [-0.4, -0.2) is 31.6 Å². The van der Waals surface area contributed by atoms with Crippen molar-refractivity contribution in [1.29, 1.82) is 0 Å². The molecule has 7 nitrogen and oxygen atoms in total. The number of nitrogens with one attached hydrogen (secondary N) is 1. The van der Waals surface area contributed by atoms with Crippen molar-refractivity contribution < 1.29 is 26.9 Å². The Morgan fingerprint density at radius 1 is 1.15 bits per heavy atom. The van der Waals surface area contributed by atoms with E-state index in [4.69, 9.17) is 0 Å². The van der Waals surface area contributed by atoms with Crippen LogP contribution >= 0.6 is 0 Å². The van der Waals surface area contributed by atoms with Crippen LogP contribution in [0, 0.1) is 5.82 Å². The lowest BCUT2D eigenvalue weighted by Gasteiger charge is -2.06. The summed E-state index contributed by atoms with van der Waals surface area (Å²) in [7, 11) is 0. The Bertz CT molecular complexity index is 1320. The molecule has 0 radical (unpaired) electrons. The number of halogens is 4. The monoisotopic (exact) mass is 457 g/mol. The Hall–Kier alpha value is -4.02. The second-order valence-corrected chi connectivity index (χ2v) is 7.56. The number of carbonyl (C=O) groups is 1. The number of aromatic nitrogens is 4. The molecule has 1 aliphatic rings. The van der Waals surface area contributed by atoms with Crippen LogP contribution in [0.15, 0.2) is 59.6 Å². The Labute approximate surface area is 184 Å². The number of hydrogen-bond acceptors (Lipinski definition) is 5. The lowest BCUT2D eigenvalue weighted by atomic mass is 10.0. The van der Waals surface area contributed by atoms with Crippen LogP contribution in [-0.2, 0) is 6.18 Å². The first-order chi connectivity index (χ1) is 15.8. The van der Waals surface area contributed by atoms with Gasteiger partial charge in [0.2, 0.25) is 5.76 Å². The van der Waals surface area contributed by atoms with Crippen molar-refractivity contribution >= 4 is 5.91 Å². The molecule has 0 saturated heterocycles. The molecule has 1 aliphatic carbocycles. The van der Waals surface area contributed by atoms with Gasteiger partial charge in [0.05, 0.1) is 16.8 Å². The number of pyridine rings is 1. The average Bonchev–Trinajstić information content (AvgIpc) is 3.27. The standard InChI is InChI=1S/C22H15F4N5O2/c23-14-3-1-2-12(8-14)19-18(20(33-30-19)22(24,25)26)16-10-31(11-28-16)17-7-4-13(9-27-17)21(32)29-15-5-6-15/h1-4,7-11,15H,5-6H2,(H,29,32). The molecule has 4 aromatic rings. The van der Waals surface area contributed by atoms with E-state index < -0.39 is 23.3 Å². The lowest BCUT2D eigenvalue weighted by Crippen LogP contribution is -2.25. The van der Waals surface area contributed by atoms with Gasteiger partial charge in [0.1, 0.15) is 23.7 Å². The van der Waals surface area contributed by atoms with Gasteiger partial charge in [-0.25, -0.2) is 14.4 Å². The van der Waals surface area contributed by atoms with Crippen LogP contribution in [0.3, 0.4) is 0 Å². The molecule has 0 aliphatic heterocycles. The summed E-state index contributed by atoms with van der Waals surface area (Å²) in [6, 6.07) is 8.34. The second kappa shape index (κ2) is 7.84. The van der Waals surface area contributed by atoms with Crippen molar-refractivity contribution in [3.8, 4) is 28.3 Å². The smallest absolute Gasteiger partial charge is 0.350 e. The normalized spacial score (nSPS) is 13.8. The number of rotatable bonds is 5. The molecule has 1 aromatic carbocycles. The van der Waals surface area contributed by atoms with Gasteiger partial charge >= 0.3 is 6.18 Å². The van der Waals surface area contributed by atoms with E-state index >= 15 is 0 Å². The van der Waals surface area contributed by atoms with Crippen molar-refractivity contribution in [2.24, 2.45) is 0 Å². The predicted octanol–water partition coefficient (Wildman–Crippen LogP) is 4.64. The van der Waals surface area contributed by atoms with E-state index in [0.717, 1.165) is 18.9 Å². The maximum absolute atomic E-state index is 13.7. The molecular weight excluding hydrogens is 442 g/mol. The molecule has 1 fully saturated rings. The summed E-state index contributed by atoms with van der Waals surface area (Å²) in [6.45, 7) is 0. The van der Waals surface area contributed by atoms with Gasteiger partial charge in [-0.1, -0.05) is 17.3 Å². The van der Waals surface area contributed by atoms with Crippen LogP contribution in [0.4, 0.5) is 17.6 Å². The zero-order valence-corrected chi connectivity index (χ0v) is 16.8. The first kappa shape index (κ1) is 20.9. The van der Waals surface area contributed by atoms with E-state index in [1.165, 1.54) is 41.5 Å². The van der Waals surface area contributed by atoms with Gasteiger partial charge < -0.3 is 9.84 Å². The molecule has 0 spiro atoms. The fourth-order valence-corrected chi connectivity index (χ4v) is 3.30. The van der Waals surface area contributed by atoms with Crippen molar-refractivity contribution in [1.82, 2.24) is 25.0 Å². The minimum atomic E-state index is -4.84. The van der Waals surface area contributed by atoms with Crippen molar-refractivity contribution in [3.05, 3.63) is 72.3 Å². The number of nitrogens with zero attached hydrogens (tertiary/aromatic N) is 4. The summed E-state index contributed by atoms with van der Waals surface area (Å²) >= 11 is 0. The fourth-order valence-electron chi connectivity index (χ4n) is 3.30. The molecule has 1 amide bonds. The van der Waals surface area contributed by atoms with Gasteiger partial charge in [0.15, 0.2) is 0 Å². The molecular formula is C22H15F4N5O2. The maximum atomic E-state index is 13.7. The molecule has 1 saturated carbocycles. The van der Waals surface area contributed by atoms with E-state index in [0.29, 0.717) is 11.4 Å². The third-order valence-corrected chi connectivity index (χ3v) is 5.07. The number of imidazole rings is 1. The SMILES string of the molecule is O=C(NC1CC1)c1ccc(-n2cnc(-c3c(-c4cccc(F)c4)noc3C(F)(F)F)c2)nc1. The average molecular weight is 457 g/mol. The summed E-state index contributed by atoms with van der Waals surface area (Å²) in [5.74, 6) is -1.86. The van der Waals surface area contributed by atoms with Crippen LogP contribution in [0.2, 0.25) is 0 Å². The molecule has 11 heteroatoms. The summed E-state index contributed by atoms with van der Waals surface area (Å²) < 4.78 is 60.5. The molecule has 168 valence electrons. The molecule has 3 heterocycles. The van der Waals surface area contributed by atoms with E-state index in [2.05, 4.69) is 25.0 Å².